The molecule has 0 aliphatic rings. The van der Waals surface area contributed by atoms with Crippen molar-refractivity contribution in [2.75, 3.05) is 12.3 Å². The van der Waals surface area contributed by atoms with Crippen molar-refractivity contribution in [3.05, 3.63) is 40.2 Å². The van der Waals surface area contributed by atoms with Gasteiger partial charge in [0, 0.05) is 12.6 Å². The maximum Gasteiger partial charge on any atom is 0.317 e. The number of thioether (sulfide) groups is 1. The van der Waals surface area contributed by atoms with E-state index in [1.807, 2.05) is 6.07 Å². The molecule has 0 aliphatic carbocycles. The quantitative estimate of drug-likeness (QED) is 0.434. The van der Waals surface area contributed by atoms with Crippen LogP contribution in [0.15, 0.2) is 28.5 Å². The van der Waals surface area contributed by atoms with E-state index in [2.05, 4.69) is 16.9 Å². The van der Waals surface area contributed by atoms with Crippen LogP contribution in [0.1, 0.15) is 18.1 Å². The first kappa shape index (κ1) is 18.5. The smallest absolute Gasteiger partial charge is 0.317 e. The van der Waals surface area contributed by atoms with Crippen molar-refractivity contribution >= 4 is 23.6 Å². The highest BCUT2D eigenvalue weighted by atomic mass is 32.2. The first-order valence-corrected chi connectivity index (χ1v) is 7.72. The number of H-pyrrole nitrogens is 1. The standard InChI is InChI=1S/C15H17N3O4S/c1-4-5-17-14(21)10(3)22-13(20)8-23-15-11(7-16)9(2)6-12(19)18-15/h4,6,10H,1,5,8H2,2-3H3,(H,17,21)(H,18,19)/t10-/m0/s1. The van der Waals surface area contributed by atoms with Crippen LogP contribution in [-0.2, 0) is 14.3 Å². The number of nitriles is 1. The first-order valence-electron chi connectivity index (χ1n) is 6.74. The molecule has 1 aromatic rings. The predicted molar refractivity (Wildman–Crippen MR) is 86.0 cm³/mol. The van der Waals surface area contributed by atoms with Crippen molar-refractivity contribution in [2.45, 2.75) is 25.0 Å². The molecule has 0 fully saturated rings. The molecule has 122 valence electrons. The SMILES string of the molecule is C=CCNC(=O)[C@H](C)OC(=O)CSc1[nH]c(=O)cc(C)c1C#N. The van der Waals surface area contributed by atoms with Gasteiger partial charge in [-0.05, 0) is 19.4 Å². The zero-order valence-corrected chi connectivity index (χ0v) is 13.7. The molecule has 0 saturated carbocycles. The Morgan fingerprint density at radius 3 is 2.91 bits per heavy atom. The average molecular weight is 335 g/mol. The van der Waals surface area contributed by atoms with E-state index in [0.29, 0.717) is 16.2 Å². The molecular weight excluding hydrogens is 318 g/mol. The Bertz CT molecular complexity index is 706. The molecular formula is C15H17N3O4S. The van der Waals surface area contributed by atoms with Crippen LogP contribution in [0.4, 0.5) is 0 Å². The van der Waals surface area contributed by atoms with Crippen LogP contribution in [-0.4, -0.2) is 35.3 Å². The third-order valence-corrected chi connectivity index (χ3v) is 3.72. The van der Waals surface area contributed by atoms with E-state index in [0.717, 1.165) is 11.8 Å². The molecule has 8 heteroatoms. The van der Waals surface area contributed by atoms with Gasteiger partial charge in [0.1, 0.15) is 6.07 Å². The first-order chi connectivity index (χ1) is 10.9. The Balaban J connectivity index is 2.64. The molecule has 1 heterocycles. The summed E-state index contributed by atoms with van der Waals surface area (Å²) < 4.78 is 4.98. The van der Waals surface area contributed by atoms with Crippen LogP contribution in [0.25, 0.3) is 0 Å². The highest BCUT2D eigenvalue weighted by Crippen LogP contribution is 2.21. The molecule has 23 heavy (non-hydrogen) atoms. The van der Waals surface area contributed by atoms with Gasteiger partial charge < -0.3 is 15.0 Å². The van der Waals surface area contributed by atoms with E-state index in [1.54, 1.807) is 6.92 Å². The Morgan fingerprint density at radius 1 is 1.61 bits per heavy atom. The predicted octanol–water partition coefficient (Wildman–Crippen LogP) is 0.881. The topological polar surface area (TPSA) is 112 Å². The van der Waals surface area contributed by atoms with Crippen LogP contribution < -0.4 is 10.9 Å². The van der Waals surface area contributed by atoms with Crippen molar-refractivity contribution in [1.29, 1.82) is 5.26 Å². The zero-order chi connectivity index (χ0) is 17.4. The molecule has 0 aliphatic heterocycles. The monoisotopic (exact) mass is 335 g/mol. The van der Waals surface area contributed by atoms with Gasteiger partial charge in [-0.3, -0.25) is 14.4 Å². The lowest BCUT2D eigenvalue weighted by Gasteiger charge is -2.12. The minimum absolute atomic E-state index is 0.132. The lowest BCUT2D eigenvalue weighted by molar-refractivity contribution is -0.152. The van der Waals surface area contributed by atoms with Gasteiger partial charge in [-0.15, -0.1) is 6.58 Å². The summed E-state index contributed by atoms with van der Waals surface area (Å²) in [4.78, 5) is 37.3. The number of amides is 1. The summed E-state index contributed by atoms with van der Waals surface area (Å²) in [5.74, 6) is -1.18. The number of nitrogens with zero attached hydrogens (tertiary/aromatic N) is 1. The number of ether oxygens (including phenoxy) is 1. The zero-order valence-electron chi connectivity index (χ0n) is 12.8. The van der Waals surface area contributed by atoms with Crippen molar-refractivity contribution < 1.29 is 14.3 Å². The summed E-state index contributed by atoms with van der Waals surface area (Å²) in [6, 6.07) is 3.29. The lowest BCUT2D eigenvalue weighted by Crippen LogP contribution is -2.36. The second-order valence-electron chi connectivity index (χ2n) is 4.59. The maximum atomic E-state index is 11.8. The Labute approximate surface area is 137 Å². The van der Waals surface area contributed by atoms with Crippen LogP contribution in [0.3, 0.4) is 0 Å². The highest BCUT2D eigenvalue weighted by molar-refractivity contribution is 7.99. The van der Waals surface area contributed by atoms with E-state index in [9.17, 15) is 14.4 Å². The maximum absolute atomic E-state index is 11.8. The molecule has 0 bridgehead atoms. The minimum atomic E-state index is -0.935. The van der Waals surface area contributed by atoms with Crippen LogP contribution in [0, 0.1) is 18.3 Å². The van der Waals surface area contributed by atoms with Crippen molar-refractivity contribution in [3.63, 3.8) is 0 Å². The van der Waals surface area contributed by atoms with Crippen LogP contribution in [0.5, 0.6) is 0 Å². The number of carbonyl (C=O) groups excluding carboxylic acids is 2. The van der Waals surface area contributed by atoms with E-state index >= 15 is 0 Å². The Kier molecular flexibility index (Phi) is 7.09. The number of esters is 1. The number of aromatic nitrogens is 1. The van der Waals surface area contributed by atoms with Crippen molar-refractivity contribution in [2.24, 2.45) is 0 Å². The Hall–Kier alpha value is -2.53. The fourth-order valence-corrected chi connectivity index (χ4v) is 2.49. The average Bonchev–Trinajstić information content (AvgIpc) is 2.49. The highest BCUT2D eigenvalue weighted by Gasteiger charge is 2.18. The molecule has 1 atom stereocenters. The number of hydrogen-bond acceptors (Lipinski definition) is 6. The minimum Gasteiger partial charge on any atom is -0.452 e. The molecule has 1 aromatic heterocycles. The fourth-order valence-electron chi connectivity index (χ4n) is 1.64. The molecule has 0 saturated heterocycles. The second kappa shape index (κ2) is 8.80. The number of carbonyl (C=O) groups is 2. The number of aromatic amines is 1. The molecule has 1 rings (SSSR count). The summed E-state index contributed by atoms with van der Waals surface area (Å²) in [6.45, 7) is 6.84. The number of aryl methyl sites for hydroxylation is 1. The van der Waals surface area contributed by atoms with Gasteiger partial charge in [0.25, 0.3) is 5.91 Å². The van der Waals surface area contributed by atoms with Crippen molar-refractivity contribution in [1.82, 2.24) is 10.3 Å². The van der Waals surface area contributed by atoms with Gasteiger partial charge in [0.05, 0.1) is 16.3 Å². The van der Waals surface area contributed by atoms with E-state index in [-0.39, 0.29) is 17.9 Å². The van der Waals surface area contributed by atoms with E-state index in [1.165, 1.54) is 19.1 Å². The van der Waals surface area contributed by atoms with Crippen LogP contribution >= 0.6 is 11.8 Å². The molecule has 7 nitrogen and oxygen atoms in total. The number of rotatable bonds is 7. The van der Waals surface area contributed by atoms with Gasteiger partial charge in [-0.2, -0.15) is 5.26 Å². The molecule has 1 amide bonds. The van der Waals surface area contributed by atoms with Gasteiger partial charge in [0.15, 0.2) is 6.10 Å². The summed E-state index contributed by atoms with van der Waals surface area (Å²) in [5, 5.41) is 11.9. The number of pyridine rings is 1. The lowest BCUT2D eigenvalue weighted by atomic mass is 10.2. The van der Waals surface area contributed by atoms with Gasteiger partial charge in [0.2, 0.25) is 5.56 Å². The Morgan fingerprint density at radius 2 is 2.30 bits per heavy atom. The normalized spacial score (nSPS) is 11.2. The summed E-state index contributed by atoms with van der Waals surface area (Å²) in [7, 11) is 0. The third kappa shape index (κ3) is 5.64. The van der Waals surface area contributed by atoms with Crippen molar-refractivity contribution in [3.8, 4) is 6.07 Å². The largest absolute Gasteiger partial charge is 0.452 e. The van der Waals surface area contributed by atoms with Gasteiger partial charge in [-0.25, -0.2) is 0 Å². The van der Waals surface area contributed by atoms with Gasteiger partial charge >= 0.3 is 5.97 Å². The summed E-state index contributed by atoms with van der Waals surface area (Å²) >= 11 is 0.979. The molecule has 0 spiro atoms. The number of hydrogen-bond donors (Lipinski definition) is 2. The molecule has 0 unspecified atom stereocenters. The molecule has 0 radical (unpaired) electrons. The van der Waals surface area contributed by atoms with Crippen LogP contribution in [0.2, 0.25) is 0 Å². The second-order valence-corrected chi connectivity index (χ2v) is 5.57. The van der Waals surface area contributed by atoms with Gasteiger partial charge in [-0.1, -0.05) is 17.8 Å². The third-order valence-electron chi connectivity index (χ3n) is 2.75. The summed E-state index contributed by atoms with van der Waals surface area (Å²) in [5.41, 5.74) is 0.484. The number of nitrogens with one attached hydrogen (secondary N) is 2. The molecule has 0 aromatic carbocycles. The summed E-state index contributed by atoms with van der Waals surface area (Å²) in [6.07, 6.45) is 0.579. The van der Waals surface area contributed by atoms with E-state index in [4.69, 9.17) is 10.00 Å². The fraction of sp³-hybridized carbons (Fsp3) is 0.333. The van der Waals surface area contributed by atoms with E-state index < -0.39 is 18.0 Å². The molecule has 2 N–H and O–H groups in total.